The Morgan fingerprint density at radius 3 is 0.839 bits per heavy atom. The molecule has 0 spiro atoms. The fourth-order valence-electron chi connectivity index (χ4n) is 9.03. The molecular weight excluding hydrogens is 689 g/mol. The van der Waals surface area contributed by atoms with Crippen molar-refractivity contribution >= 4 is 56.2 Å². The molecule has 0 bridgehead atoms. The molecule has 0 saturated carbocycles. The van der Waals surface area contributed by atoms with E-state index >= 15 is 0 Å². The topological polar surface area (TPSA) is 67.9 Å². The second-order valence-corrected chi connectivity index (χ2v) is 15.8. The molecule has 0 saturated heterocycles. The number of aromatic nitrogens is 6. The van der Waals surface area contributed by atoms with Gasteiger partial charge in [0.05, 0.1) is 34.1 Å². The number of hydrogen-bond donors (Lipinski definition) is 0. The summed E-state index contributed by atoms with van der Waals surface area (Å²) >= 11 is 0. The van der Waals surface area contributed by atoms with Gasteiger partial charge in [-0.25, -0.2) is 0 Å². The van der Waals surface area contributed by atoms with Crippen molar-refractivity contribution in [3.63, 3.8) is 0 Å². The fraction of sp³-hybridized carbons (Fsp3) is 0.125. The van der Waals surface area contributed by atoms with Gasteiger partial charge in [0.15, 0.2) is 0 Å². The van der Waals surface area contributed by atoms with Crippen molar-refractivity contribution in [1.29, 1.82) is 0 Å². The third kappa shape index (κ3) is 4.59. The summed E-state index contributed by atoms with van der Waals surface area (Å²) < 4.78 is 0. The number of anilines is 6. The zero-order chi connectivity index (χ0) is 37.8. The minimum Gasteiger partial charge on any atom is -0.308 e. The van der Waals surface area contributed by atoms with Gasteiger partial charge < -0.3 is 9.80 Å². The highest BCUT2D eigenvalue weighted by atomic mass is 15.5. The molecule has 270 valence electrons. The maximum Gasteiger partial charge on any atom is 0.115 e. The highest BCUT2D eigenvalue weighted by Crippen LogP contribution is 2.58. The normalized spacial score (nSPS) is 15.0. The van der Waals surface area contributed by atoms with E-state index in [1.807, 2.05) is 48.5 Å². The first-order valence-corrected chi connectivity index (χ1v) is 19.1. The Bertz CT molecular complexity index is 2650. The van der Waals surface area contributed by atoms with Gasteiger partial charge in [-0.3, -0.25) is 0 Å². The largest absolute Gasteiger partial charge is 0.308 e. The van der Waals surface area contributed by atoms with Crippen molar-refractivity contribution in [3.05, 3.63) is 180 Å². The Kier molecular flexibility index (Phi) is 6.78. The molecule has 0 aliphatic carbocycles. The first-order valence-electron chi connectivity index (χ1n) is 19.1. The van der Waals surface area contributed by atoms with Gasteiger partial charge in [0.1, 0.15) is 33.4 Å². The highest BCUT2D eigenvalue weighted by Gasteiger charge is 2.41. The molecule has 7 aromatic carbocycles. The summed E-state index contributed by atoms with van der Waals surface area (Å²) in [6.07, 6.45) is 0. The lowest BCUT2D eigenvalue weighted by Crippen LogP contribution is -2.33. The molecule has 9 aromatic rings. The van der Waals surface area contributed by atoms with Crippen molar-refractivity contribution in [2.24, 2.45) is 0 Å². The van der Waals surface area contributed by atoms with Gasteiger partial charge in [0, 0.05) is 10.8 Å². The molecular formula is C48H38N8. The molecule has 2 aliphatic rings. The van der Waals surface area contributed by atoms with Gasteiger partial charge in [-0.05, 0) is 82.9 Å². The lowest BCUT2D eigenvalue weighted by molar-refractivity contribution is 0.630. The van der Waals surface area contributed by atoms with Crippen LogP contribution in [-0.2, 0) is 10.8 Å². The minimum absolute atomic E-state index is 0.235. The van der Waals surface area contributed by atoms with Crippen LogP contribution in [0, 0.1) is 0 Å². The molecule has 0 amide bonds. The van der Waals surface area contributed by atoms with Crippen LogP contribution in [0.2, 0.25) is 0 Å². The van der Waals surface area contributed by atoms with E-state index in [9.17, 15) is 0 Å². The van der Waals surface area contributed by atoms with E-state index in [2.05, 4.69) is 147 Å². The molecule has 0 atom stereocenters. The van der Waals surface area contributed by atoms with E-state index in [0.29, 0.717) is 0 Å². The van der Waals surface area contributed by atoms with Crippen molar-refractivity contribution < 1.29 is 0 Å². The van der Waals surface area contributed by atoms with E-state index in [-0.39, 0.29) is 10.8 Å². The van der Waals surface area contributed by atoms with Crippen LogP contribution in [0.3, 0.4) is 0 Å². The standard InChI is InChI=1S/C48H38N8/c1-47(2)31-17-5-13-25-39(31)53(40-26-14-6-18-32(40)47)43-29-45(55-49-35-21-9-10-22-36(35)50-55)46(56-51-37-23-11-12-24-38(37)52-56)30-44(43)54-41-27-15-7-19-33(41)48(3,4)34-20-8-16-28-42(34)54/h5-30H,1-4H3. The van der Waals surface area contributed by atoms with E-state index < -0.39 is 0 Å². The van der Waals surface area contributed by atoms with Crippen LogP contribution in [0.25, 0.3) is 33.4 Å². The number of rotatable bonds is 4. The highest BCUT2D eigenvalue weighted by molar-refractivity contribution is 5.98. The van der Waals surface area contributed by atoms with E-state index in [0.717, 1.165) is 67.6 Å². The molecule has 0 N–H and O–H groups in total. The van der Waals surface area contributed by atoms with Crippen LogP contribution < -0.4 is 9.80 Å². The molecule has 8 nitrogen and oxygen atoms in total. The summed E-state index contributed by atoms with van der Waals surface area (Å²) in [5, 5.41) is 20.2. The fourth-order valence-corrected chi connectivity index (χ4v) is 9.03. The van der Waals surface area contributed by atoms with Crippen LogP contribution >= 0.6 is 0 Å². The molecule has 2 aliphatic heterocycles. The van der Waals surface area contributed by atoms with Gasteiger partial charge >= 0.3 is 0 Å². The van der Waals surface area contributed by atoms with Crippen LogP contribution in [-0.4, -0.2) is 30.0 Å². The Hall–Kier alpha value is -7.06. The minimum atomic E-state index is -0.235. The lowest BCUT2D eigenvalue weighted by Gasteiger charge is -2.45. The van der Waals surface area contributed by atoms with Crippen molar-refractivity contribution in [2.75, 3.05) is 9.80 Å². The lowest BCUT2D eigenvalue weighted by atomic mass is 9.73. The Morgan fingerprint density at radius 1 is 0.304 bits per heavy atom. The number of para-hydroxylation sites is 4. The summed E-state index contributed by atoms with van der Waals surface area (Å²) in [5.74, 6) is 0. The summed E-state index contributed by atoms with van der Waals surface area (Å²) in [6.45, 7) is 9.29. The Balaban J connectivity index is 1.30. The van der Waals surface area contributed by atoms with Crippen LogP contribution in [0.15, 0.2) is 158 Å². The SMILES string of the molecule is CC1(C)c2ccccc2N(c2cc(-n3nc4ccccc4n3)c(-n3nc4ccccc4n3)cc2N2c3ccccc3C(C)(C)c3ccccc32)c2ccccc21. The van der Waals surface area contributed by atoms with E-state index in [1.165, 1.54) is 22.3 Å². The third-order valence-corrected chi connectivity index (χ3v) is 11.8. The van der Waals surface area contributed by atoms with Crippen LogP contribution in [0.5, 0.6) is 0 Å². The molecule has 4 heterocycles. The maximum atomic E-state index is 5.06. The summed E-state index contributed by atoms with van der Waals surface area (Å²) in [6, 6.07) is 55.6. The molecule has 0 unspecified atom stereocenters. The zero-order valence-corrected chi connectivity index (χ0v) is 31.6. The number of benzene rings is 7. The molecule has 11 rings (SSSR count). The van der Waals surface area contributed by atoms with Crippen molar-refractivity contribution in [2.45, 2.75) is 38.5 Å². The summed E-state index contributed by atoms with van der Waals surface area (Å²) in [5.41, 5.74) is 15.7. The molecule has 56 heavy (non-hydrogen) atoms. The molecule has 8 heteroatoms. The van der Waals surface area contributed by atoms with Crippen molar-refractivity contribution in [1.82, 2.24) is 30.0 Å². The van der Waals surface area contributed by atoms with E-state index in [1.54, 1.807) is 9.59 Å². The number of nitrogens with zero attached hydrogens (tertiary/aromatic N) is 8. The Morgan fingerprint density at radius 2 is 0.554 bits per heavy atom. The van der Waals surface area contributed by atoms with Crippen LogP contribution in [0.4, 0.5) is 34.1 Å². The van der Waals surface area contributed by atoms with E-state index in [4.69, 9.17) is 20.4 Å². The Labute approximate surface area is 324 Å². The average molecular weight is 727 g/mol. The van der Waals surface area contributed by atoms with Crippen molar-refractivity contribution in [3.8, 4) is 11.4 Å². The number of fused-ring (bicyclic) bond motifs is 6. The van der Waals surface area contributed by atoms with Gasteiger partial charge in [0.25, 0.3) is 0 Å². The average Bonchev–Trinajstić information content (AvgIpc) is 3.86. The number of hydrogen-bond acceptors (Lipinski definition) is 6. The summed E-state index contributed by atoms with van der Waals surface area (Å²) in [4.78, 5) is 8.35. The predicted molar refractivity (Wildman–Crippen MR) is 225 cm³/mol. The van der Waals surface area contributed by atoms with Gasteiger partial charge in [-0.2, -0.15) is 0 Å². The second kappa shape index (κ2) is 11.7. The first kappa shape index (κ1) is 32.4. The maximum absolute atomic E-state index is 5.06. The van der Waals surface area contributed by atoms with Gasteiger partial charge in [-0.15, -0.1) is 30.0 Å². The monoisotopic (exact) mass is 726 g/mol. The van der Waals surface area contributed by atoms with Gasteiger partial charge in [-0.1, -0.05) is 125 Å². The predicted octanol–water partition coefficient (Wildman–Crippen LogP) is 11.4. The second-order valence-electron chi connectivity index (χ2n) is 15.8. The molecule has 0 radical (unpaired) electrons. The zero-order valence-electron chi connectivity index (χ0n) is 31.6. The van der Waals surface area contributed by atoms with Gasteiger partial charge in [0.2, 0.25) is 0 Å². The molecule has 2 aromatic heterocycles. The summed E-state index contributed by atoms with van der Waals surface area (Å²) in [7, 11) is 0. The third-order valence-electron chi connectivity index (χ3n) is 11.8. The van der Waals surface area contributed by atoms with Crippen LogP contribution in [0.1, 0.15) is 49.9 Å². The smallest absolute Gasteiger partial charge is 0.115 e. The molecule has 0 fully saturated rings. The quantitative estimate of drug-likeness (QED) is 0.180. The first-order chi connectivity index (χ1) is 27.3.